The summed E-state index contributed by atoms with van der Waals surface area (Å²) in [5, 5.41) is 5.89. The van der Waals surface area contributed by atoms with Crippen molar-refractivity contribution < 1.29 is 9.32 Å². The third kappa shape index (κ3) is 3.05. The molecule has 0 saturated carbocycles. The average Bonchev–Trinajstić information content (AvgIpc) is 3.25. The molecule has 1 aliphatic heterocycles. The number of carbonyl (C=O) groups is 1. The molecule has 0 radical (unpaired) electrons. The smallest absolute Gasteiger partial charge is 0.264 e. The van der Waals surface area contributed by atoms with Crippen molar-refractivity contribution in [1.82, 2.24) is 19.9 Å². The van der Waals surface area contributed by atoms with E-state index in [0.29, 0.717) is 5.89 Å². The lowest BCUT2D eigenvalue weighted by atomic mass is 10.2. The number of rotatable bonds is 4. The first-order valence-electron chi connectivity index (χ1n) is 7.58. The minimum Gasteiger partial charge on any atom is -0.338 e. The van der Waals surface area contributed by atoms with E-state index in [-0.39, 0.29) is 11.9 Å². The summed E-state index contributed by atoms with van der Waals surface area (Å²) < 4.78 is 5.32. The van der Waals surface area contributed by atoms with Crippen LogP contribution in [0.4, 0.5) is 0 Å². The molecule has 1 amide bonds. The number of hydrogen-bond donors (Lipinski definition) is 0. The molecule has 2 aromatic rings. The first-order valence-corrected chi connectivity index (χ1v) is 8.46. The summed E-state index contributed by atoms with van der Waals surface area (Å²) in [6.07, 6.45) is 0.777. The second-order valence-electron chi connectivity index (χ2n) is 5.38. The Labute approximate surface area is 133 Å². The van der Waals surface area contributed by atoms with Gasteiger partial charge in [0.2, 0.25) is 5.89 Å². The summed E-state index contributed by atoms with van der Waals surface area (Å²) in [6, 6.07) is 3.89. The number of amides is 1. The molecule has 1 fully saturated rings. The van der Waals surface area contributed by atoms with Gasteiger partial charge in [0.05, 0.1) is 10.9 Å². The molecule has 1 atom stereocenters. The van der Waals surface area contributed by atoms with Crippen LogP contribution in [0.5, 0.6) is 0 Å². The lowest BCUT2D eigenvalue weighted by molar-refractivity contribution is 0.0556. The fourth-order valence-electron chi connectivity index (χ4n) is 2.61. The second kappa shape index (κ2) is 6.58. The average molecular weight is 320 g/mol. The van der Waals surface area contributed by atoms with E-state index in [2.05, 4.69) is 22.0 Å². The number of piperazine rings is 1. The van der Waals surface area contributed by atoms with Gasteiger partial charge in [-0.1, -0.05) is 18.1 Å². The molecule has 7 heteroatoms. The molecule has 0 N–H and O–H groups in total. The fourth-order valence-corrected chi connectivity index (χ4v) is 3.30. The molecule has 1 aliphatic rings. The molecule has 1 saturated heterocycles. The standard InChI is InChI=1S/C15H20N4O2S/c1-3-13-16-14(21-17-13)11(2)18-6-8-19(9-7-18)15(20)12-5-4-10-22-12/h4-5,10-11H,3,6-9H2,1-2H3. The summed E-state index contributed by atoms with van der Waals surface area (Å²) >= 11 is 1.50. The third-order valence-electron chi connectivity index (χ3n) is 4.04. The lowest BCUT2D eigenvalue weighted by Crippen LogP contribution is -2.49. The number of aromatic nitrogens is 2. The van der Waals surface area contributed by atoms with Crippen molar-refractivity contribution in [1.29, 1.82) is 0 Å². The largest absolute Gasteiger partial charge is 0.338 e. The minimum absolute atomic E-state index is 0.0896. The Morgan fingerprint density at radius 2 is 2.18 bits per heavy atom. The Bertz CT molecular complexity index is 617. The summed E-state index contributed by atoms with van der Waals surface area (Å²) in [5.74, 6) is 1.54. The maximum absolute atomic E-state index is 12.3. The van der Waals surface area contributed by atoms with E-state index in [1.54, 1.807) is 0 Å². The summed E-state index contributed by atoms with van der Waals surface area (Å²) in [5.41, 5.74) is 0. The Balaban J connectivity index is 1.58. The molecule has 0 aliphatic carbocycles. The Morgan fingerprint density at radius 3 is 2.77 bits per heavy atom. The van der Waals surface area contributed by atoms with Crippen molar-refractivity contribution in [3.05, 3.63) is 34.1 Å². The van der Waals surface area contributed by atoms with Crippen LogP contribution in [0.2, 0.25) is 0 Å². The maximum atomic E-state index is 12.3. The van der Waals surface area contributed by atoms with Gasteiger partial charge in [0, 0.05) is 32.6 Å². The van der Waals surface area contributed by atoms with Crippen LogP contribution in [0.15, 0.2) is 22.0 Å². The number of thiophene rings is 1. The predicted molar refractivity (Wildman–Crippen MR) is 83.9 cm³/mol. The molecule has 0 bridgehead atoms. The van der Waals surface area contributed by atoms with Crippen molar-refractivity contribution in [2.45, 2.75) is 26.3 Å². The van der Waals surface area contributed by atoms with Crippen LogP contribution >= 0.6 is 11.3 Å². The highest BCUT2D eigenvalue weighted by Gasteiger charge is 2.28. The maximum Gasteiger partial charge on any atom is 0.264 e. The normalized spacial score (nSPS) is 17.6. The summed E-state index contributed by atoms with van der Waals surface area (Å²) in [6.45, 7) is 7.19. The quantitative estimate of drug-likeness (QED) is 0.864. The third-order valence-corrected chi connectivity index (χ3v) is 4.90. The van der Waals surface area contributed by atoms with Crippen molar-refractivity contribution in [2.75, 3.05) is 26.2 Å². The predicted octanol–water partition coefficient (Wildman–Crippen LogP) is 2.21. The van der Waals surface area contributed by atoms with Crippen LogP contribution in [0, 0.1) is 0 Å². The first-order chi connectivity index (χ1) is 10.7. The monoisotopic (exact) mass is 320 g/mol. The molecule has 3 heterocycles. The van der Waals surface area contributed by atoms with Crippen LogP contribution < -0.4 is 0 Å². The van der Waals surface area contributed by atoms with E-state index in [4.69, 9.17) is 4.52 Å². The van der Waals surface area contributed by atoms with Crippen LogP contribution in [-0.2, 0) is 6.42 Å². The molecular formula is C15H20N4O2S. The molecular weight excluding hydrogens is 300 g/mol. The van der Waals surface area contributed by atoms with Gasteiger partial charge in [-0.3, -0.25) is 9.69 Å². The van der Waals surface area contributed by atoms with Gasteiger partial charge in [-0.25, -0.2) is 0 Å². The van der Waals surface area contributed by atoms with Gasteiger partial charge in [-0.15, -0.1) is 11.3 Å². The Hall–Kier alpha value is -1.73. The molecule has 0 aromatic carbocycles. The summed E-state index contributed by atoms with van der Waals surface area (Å²) in [7, 11) is 0. The van der Waals surface area contributed by atoms with Gasteiger partial charge < -0.3 is 9.42 Å². The molecule has 22 heavy (non-hydrogen) atoms. The van der Waals surface area contributed by atoms with E-state index in [0.717, 1.165) is 43.3 Å². The van der Waals surface area contributed by atoms with E-state index in [1.807, 2.05) is 29.3 Å². The van der Waals surface area contributed by atoms with Crippen LogP contribution in [-0.4, -0.2) is 52.0 Å². The SMILES string of the molecule is CCc1noc(C(C)N2CCN(C(=O)c3cccs3)CC2)n1. The highest BCUT2D eigenvalue weighted by Crippen LogP contribution is 2.21. The van der Waals surface area contributed by atoms with Gasteiger partial charge in [0.15, 0.2) is 5.82 Å². The zero-order valence-electron chi connectivity index (χ0n) is 12.9. The second-order valence-corrected chi connectivity index (χ2v) is 6.33. The minimum atomic E-state index is 0.0896. The van der Waals surface area contributed by atoms with Crippen LogP contribution in [0.25, 0.3) is 0 Å². The number of aryl methyl sites for hydroxylation is 1. The molecule has 6 nitrogen and oxygen atoms in total. The Morgan fingerprint density at radius 1 is 1.41 bits per heavy atom. The van der Waals surface area contributed by atoms with Crippen LogP contribution in [0.1, 0.15) is 41.3 Å². The molecule has 3 rings (SSSR count). The fraction of sp³-hybridized carbons (Fsp3) is 0.533. The van der Waals surface area contributed by atoms with Gasteiger partial charge in [0.1, 0.15) is 0 Å². The highest BCUT2D eigenvalue weighted by molar-refractivity contribution is 7.12. The Kier molecular flexibility index (Phi) is 4.54. The van der Waals surface area contributed by atoms with E-state index in [1.165, 1.54) is 11.3 Å². The van der Waals surface area contributed by atoms with Gasteiger partial charge in [0.25, 0.3) is 5.91 Å². The molecule has 0 spiro atoms. The first kappa shape index (κ1) is 15.2. The zero-order chi connectivity index (χ0) is 15.5. The number of carbonyl (C=O) groups excluding carboxylic acids is 1. The summed E-state index contributed by atoms with van der Waals surface area (Å²) in [4.78, 5) is 21.7. The highest BCUT2D eigenvalue weighted by atomic mass is 32.1. The van der Waals surface area contributed by atoms with Gasteiger partial charge in [-0.2, -0.15) is 4.98 Å². The number of hydrogen-bond acceptors (Lipinski definition) is 6. The molecule has 2 aromatic heterocycles. The zero-order valence-corrected chi connectivity index (χ0v) is 13.7. The molecule has 118 valence electrons. The van der Waals surface area contributed by atoms with E-state index >= 15 is 0 Å². The lowest BCUT2D eigenvalue weighted by Gasteiger charge is -2.36. The molecule has 1 unspecified atom stereocenters. The van der Waals surface area contributed by atoms with Gasteiger partial charge in [-0.05, 0) is 18.4 Å². The van der Waals surface area contributed by atoms with Crippen molar-refractivity contribution in [2.24, 2.45) is 0 Å². The van der Waals surface area contributed by atoms with Crippen molar-refractivity contribution in [3.63, 3.8) is 0 Å². The van der Waals surface area contributed by atoms with Crippen molar-refractivity contribution in [3.8, 4) is 0 Å². The topological polar surface area (TPSA) is 62.5 Å². The van der Waals surface area contributed by atoms with Crippen molar-refractivity contribution >= 4 is 17.2 Å². The van der Waals surface area contributed by atoms with E-state index in [9.17, 15) is 4.79 Å². The van der Waals surface area contributed by atoms with Crippen LogP contribution in [0.3, 0.4) is 0 Å². The van der Waals surface area contributed by atoms with Gasteiger partial charge >= 0.3 is 0 Å². The number of nitrogens with zero attached hydrogens (tertiary/aromatic N) is 4. The van der Waals surface area contributed by atoms with E-state index < -0.39 is 0 Å².